The molecule has 0 spiro atoms. The summed E-state index contributed by atoms with van der Waals surface area (Å²) in [7, 11) is 0. The molecular formula is C16H15F. The number of rotatable bonds is 2. The van der Waals surface area contributed by atoms with Crippen LogP contribution in [-0.2, 0) is 12.8 Å². The lowest BCUT2D eigenvalue weighted by Crippen LogP contribution is -1.98. The third kappa shape index (κ3) is 2.10. The summed E-state index contributed by atoms with van der Waals surface area (Å²) in [6, 6.07) is 15.8. The highest BCUT2D eigenvalue weighted by Crippen LogP contribution is 2.35. The van der Waals surface area contributed by atoms with Gasteiger partial charge in [-0.15, -0.1) is 0 Å². The summed E-state index contributed by atoms with van der Waals surface area (Å²) in [6.07, 6.45) is 3.23. The number of hydrogen-bond acceptors (Lipinski definition) is 0. The van der Waals surface area contributed by atoms with E-state index >= 15 is 0 Å². The predicted molar refractivity (Wildman–Crippen MR) is 67.6 cm³/mol. The third-order valence-electron chi connectivity index (χ3n) is 3.63. The van der Waals surface area contributed by atoms with Crippen molar-refractivity contribution in [2.24, 2.45) is 0 Å². The van der Waals surface area contributed by atoms with Crippen molar-refractivity contribution in [1.82, 2.24) is 0 Å². The first-order valence-corrected chi connectivity index (χ1v) is 6.15. The molecule has 0 fully saturated rings. The zero-order valence-electron chi connectivity index (χ0n) is 9.70. The van der Waals surface area contributed by atoms with Crippen LogP contribution in [0.5, 0.6) is 0 Å². The van der Waals surface area contributed by atoms with E-state index in [1.807, 2.05) is 12.1 Å². The van der Waals surface area contributed by atoms with Crippen LogP contribution in [0.25, 0.3) is 0 Å². The van der Waals surface area contributed by atoms with Crippen molar-refractivity contribution < 1.29 is 4.39 Å². The van der Waals surface area contributed by atoms with E-state index in [1.54, 1.807) is 12.1 Å². The van der Waals surface area contributed by atoms with Gasteiger partial charge in [0.2, 0.25) is 0 Å². The second-order valence-electron chi connectivity index (χ2n) is 4.77. The average molecular weight is 226 g/mol. The Bertz CT molecular complexity index is 516. The van der Waals surface area contributed by atoms with E-state index in [0.29, 0.717) is 5.92 Å². The Kier molecular flexibility index (Phi) is 2.68. The summed E-state index contributed by atoms with van der Waals surface area (Å²) < 4.78 is 13.1. The molecule has 1 heteroatoms. The standard InChI is InChI=1S/C16H15F/c17-15-8-9-16-13(6-7-14(16)11-15)10-12-4-2-1-3-5-12/h1-5,8-9,11,13H,6-7,10H2. The van der Waals surface area contributed by atoms with Crippen molar-refractivity contribution in [2.75, 3.05) is 0 Å². The number of aryl methyl sites for hydroxylation is 1. The lowest BCUT2D eigenvalue weighted by Gasteiger charge is -2.11. The topological polar surface area (TPSA) is 0 Å². The second-order valence-corrected chi connectivity index (χ2v) is 4.77. The molecule has 2 aromatic rings. The predicted octanol–water partition coefficient (Wildman–Crippen LogP) is 4.10. The van der Waals surface area contributed by atoms with Gasteiger partial charge in [-0.3, -0.25) is 0 Å². The number of hydrogen-bond donors (Lipinski definition) is 0. The Labute approximate surface area is 101 Å². The van der Waals surface area contributed by atoms with Crippen LogP contribution >= 0.6 is 0 Å². The van der Waals surface area contributed by atoms with Crippen molar-refractivity contribution >= 4 is 0 Å². The molecule has 0 heterocycles. The Morgan fingerprint density at radius 3 is 2.71 bits per heavy atom. The van der Waals surface area contributed by atoms with Crippen LogP contribution in [0.1, 0.15) is 29.0 Å². The lowest BCUT2D eigenvalue weighted by atomic mass is 9.94. The summed E-state index contributed by atoms with van der Waals surface area (Å²) in [4.78, 5) is 0. The van der Waals surface area contributed by atoms with Gasteiger partial charge in [0.15, 0.2) is 0 Å². The smallest absolute Gasteiger partial charge is 0.123 e. The van der Waals surface area contributed by atoms with Crippen molar-refractivity contribution in [3.05, 3.63) is 71.0 Å². The summed E-state index contributed by atoms with van der Waals surface area (Å²) in [6.45, 7) is 0. The first kappa shape index (κ1) is 10.5. The molecule has 0 saturated carbocycles. The lowest BCUT2D eigenvalue weighted by molar-refractivity contribution is 0.625. The minimum Gasteiger partial charge on any atom is -0.207 e. The first-order chi connectivity index (χ1) is 8.33. The highest BCUT2D eigenvalue weighted by molar-refractivity contribution is 5.36. The molecule has 1 atom stereocenters. The van der Waals surface area contributed by atoms with Crippen molar-refractivity contribution in [2.45, 2.75) is 25.2 Å². The molecule has 86 valence electrons. The van der Waals surface area contributed by atoms with E-state index in [-0.39, 0.29) is 5.82 Å². The Morgan fingerprint density at radius 1 is 1.06 bits per heavy atom. The van der Waals surface area contributed by atoms with E-state index in [9.17, 15) is 4.39 Å². The van der Waals surface area contributed by atoms with Crippen LogP contribution in [0, 0.1) is 5.82 Å². The van der Waals surface area contributed by atoms with Crippen molar-refractivity contribution in [3.63, 3.8) is 0 Å². The number of halogens is 1. The van der Waals surface area contributed by atoms with E-state index < -0.39 is 0 Å². The molecule has 3 rings (SSSR count). The minimum atomic E-state index is -0.107. The van der Waals surface area contributed by atoms with Gasteiger partial charge in [0.05, 0.1) is 0 Å². The summed E-state index contributed by atoms with van der Waals surface area (Å²) in [5.74, 6) is 0.456. The summed E-state index contributed by atoms with van der Waals surface area (Å²) in [5.41, 5.74) is 3.91. The van der Waals surface area contributed by atoms with Gasteiger partial charge in [0.25, 0.3) is 0 Å². The third-order valence-corrected chi connectivity index (χ3v) is 3.63. The fourth-order valence-electron chi connectivity index (χ4n) is 2.78. The Balaban J connectivity index is 1.85. The van der Waals surface area contributed by atoms with Gasteiger partial charge in [0, 0.05) is 0 Å². The minimum absolute atomic E-state index is 0.107. The molecule has 0 aromatic heterocycles. The summed E-state index contributed by atoms with van der Waals surface area (Å²) in [5, 5.41) is 0. The molecule has 0 amide bonds. The second kappa shape index (κ2) is 4.33. The van der Waals surface area contributed by atoms with Crippen LogP contribution in [-0.4, -0.2) is 0 Å². The molecule has 0 aliphatic heterocycles. The SMILES string of the molecule is Fc1ccc2c(c1)CCC2Cc1ccccc1. The van der Waals surface area contributed by atoms with Crippen molar-refractivity contribution in [1.29, 1.82) is 0 Å². The molecule has 0 nitrogen and oxygen atoms in total. The molecule has 2 aromatic carbocycles. The maximum absolute atomic E-state index is 13.1. The van der Waals surface area contributed by atoms with Gasteiger partial charge >= 0.3 is 0 Å². The van der Waals surface area contributed by atoms with Gasteiger partial charge in [-0.25, -0.2) is 4.39 Å². The maximum Gasteiger partial charge on any atom is 0.123 e. The molecule has 0 saturated heterocycles. The molecule has 1 aliphatic carbocycles. The maximum atomic E-state index is 13.1. The fourth-order valence-corrected chi connectivity index (χ4v) is 2.78. The van der Waals surface area contributed by atoms with E-state index in [4.69, 9.17) is 0 Å². The highest BCUT2D eigenvalue weighted by Gasteiger charge is 2.22. The van der Waals surface area contributed by atoms with Gasteiger partial charge in [0.1, 0.15) is 5.82 Å². The van der Waals surface area contributed by atoms with Crippen LogP contribution in [0.4, 0.5) is 4.39 Å². The van der Waals surface area contributed by atoms with E-state index in [1.165, 1.54) is 16.7 Å². The van der Waals surface area contributed by atoms with Crippen LogP contribution < -0.4 is 0 Å². The van der Waals surface area contributed by atoms with E-state index in [2.05, 4.69) is 24.3 Å². The molecule has 0 bridgehead atoms. The normalized spacial score (nSPS) is 18.1. The zero-order valence-corrected chi connectivity index (χ0v) is 9.70. The quantitative estimate of drug-likeness (QED) is 0.723. The average Bonchev–Trinajstić information content (AvgIpc) is 2.73. The van der Waals surface area contributed by atoms with E-state index in [0.717, 1.165) is 19.3 Å². The van der Waals surface area contributed by atoms with Crippen LogP contribution in [0.3, 0.4) is 0 Å². The zero-order chi connectivity index (χ0) is 11.7. The number of fused-ring (bicyclic) bond motifs is 1. The van der Waals surface area contributed by atoms with Crippen LogP contribution in [0.15, 0.2) is 48.5 Å². The van der Waals surface area contributed by atoms with Gasteiger partial charge in [-0.2, -0.15) is 0 Å². The largest absolute Gasteiger partial charge is 0.207 e. The number of benzene rings is 2. The van der Waals surface area contributed by atoms with Crippen molar-refractivity contribution in [3.8, 4) is 0 Å². The Morgan fingerprint density at radius 2 is 1.88 bits per heavy atom. The molecule has 1 unspecified atom stereocenters. The molecule has 17 heavy (non-hydrogen) atoms. The molecular weight excluding hydrogens is 211 g/mol. The first-order valence-electron chi connectivity index (χ1n) is 6.15. The van der Waals surface area contributed by atoms with Crippen LogP contribution in [0.2, 0.25) is 0 Å². The fraction of sp³-hybridized carbons (Fsp3) is 0.250. The molecule has 0 N–H and O–H groups in total. The van der Waals surface area contributed by atoms with Gasteiger partial charge in [-0.1, -0.05) is 36.4 Å². The van der Waals surface area contributed by atoms with Gasteiger partial charge < -0.3 is 0 Å². The molecule has 0 radical (unpaired) electrons. The van der Waals surface area contributed by atoms with Gasteiger partial charge in [-0.05, 0) is 54.0 Å². The highest BCUT2D eigenvalue weighted by atomic mass is 19.1. The summed E-state index contributed by atoms with van der Waals surface area (Å²) >= 11 is 0. The Hall–Kier alpha value is -1.63. The monoisotopic (exact) mass is 226 g/mol. The molecule has 1 aliphatic rings.